The second-order valence-electron chi connectivity index (χ2n) is 21.0. The van der Waals surface area contributed by atoms with Gasteiger partial charge in [0, 0.05) is 19.3 Å². The van der Waals surface area contributed by atoms with E-state index in [1.807, 2.05) is 0 Å². The van der Waals surface area contributed by atoms with Crippen LogP contribution in [-0.2, 0) is 42.9 Å². The van der Waals surface area contributed by atoms with E-state index in [-0.39, 0.29) is 25.9 Å². The summed E-state index contributed by atoms with van der Waals surface area (Å²) in [5.74, 6) is -3.16. The highest BCUT2D eigenvalue weighted by molar-refractivity contribution is 5.74. The lowest BCUT2D eigenvalue weighted by atomic mass is 9.98. The van der Waals surface area contributed by atoms with Gasteiger partial charge in [-0.25, -0.2) is 4.79 Å². The van der Waals surface area contributed by atoms with Crippen molar-refractivity contribution in [3.8, 4) is 0 Å². The first kappa shape index (κ1) is 71.2. The highest BCUT2D eigenvalue weighted by Crippen LogP contribution is 2.26. The third kappa shape index (κ3) is 42.7. The maximum absolute atomic E-state index is 13.1. The van der Waals surface area contributed by atoms with Gasteiger partial charge in [0.15, 0.2) is 24.6 Å². The highest BCUT2D eigenvalue weighted by Gasteiger charge is 2.50. The Morgan fingerprint density at radius 1 is 0.442 bits per heavy atom. The molecule has 0 aliphatic carbocycles. The molecule has 1 aliphatic rings. The van der Waals surface area contributed by atoms with Gasteiger partial charge in [0.2, 0.25) is 0 Å². The molecule has 0 aromatic rings. The average Bonchev–Trinajstić information content (AvgIpc) is 3.42. The summed E-state index contributed by atoms with van der Waals surface area (Å²) in [5.41, 5.74) is 0. The van der Waals surface area contributed by atoms with Gasteiger partial charge in [0.05, 0.1) is 6.61 Å². The standard InChI is InChI=1S/C65H110O12/c1-4-7-10-13-16-19-21-23-25-27-29-31-33-35-37-40-42-45-48-51-57(66)73-54-56(75-58(67)52-49-46-43-39-18-15-12-9-6-3)55-74-65-63(61(70)60(69)62(77-65)64(71)72)76-59(68)53-50-47-44-41-38-36-34-32-30-28-26-24-22-20-17-14-11-8-5-2/h8,11,17,20,23-26,30,32,36,38,56,60-63,65,69-70H,4-7,9-10,12-16,18-19,21-22,27-29,31,33-35,37,39-55H2,1-3H3,(H,71,72)/b11-8-,20-17-,25-23-,26-24-,32-30-,38-36-. The molecular weight excluding hydrogens is 973 g/mol. The number of hydrogen-bond donors (Lipinski definition) is 3. The molecule has 0 saturated carbocycles. The Labute approximate surface area is 468 Å². The molecule has 77 heavy (non-hydrogen) atoms. The van der Waals surface area contributed by atoms with Crippen LogP contribution in [0.3, 0.4) is 0 Å². The quantitative estimate of drug-likeness (QED) is 0.0228. The van der Waals surface area contributed by atoms with Crippen LogP contribution < -0.4 is 0 Å². The minimum atomic E-state index is -1.92. The van der Waals surface area contributed by atoms with Crippen molar-refractivity contribution in [1.29, 1.82) is 0 Å². The number of carbonyl (C=O) groups excluding carboxylic acids is 3. The predicted octanol–water partition coefficient (Wildman–Crippen LogP) is 16.1. The molecule has 1 rings (SSSR count). The van der Waals surface area contributed by atoms with Crippen LogP contribution in [0.5, 0.6) is 0 Å². The van der Waals surface area contributed by atoms with E-state index >= 15 is 0 Å². The third-order valence-electron chi connectivity index (χ3n) is 13.8. The maximum Gasteiger partial charge on any atom is 0.335 e. The topological polar surface area (TPSA) is 175 Å². The first-order chi connectivity index (χ1) is 37.6. The Bertz CT molecular complexity index is 1620. The first-order valence-corrected chi connectivity index (χ1v) is 30.9. The van der Waals surface area contributed by atoms with E-state index in [9.17, 15) is 34.5 Å². The summed E-state index contributed by atoms with van der Waals surface area (Å²) in [6.45, 7) is 5.85. The lowest BCUT2D eigenvalue weighted by molar-refractivity contribution is -0.301. The Balaban J connectivity index is 2.63. The van der Waals surface area contributed by atoms with Crippen molar-refractivity contribution in [3.05, 3.63) is 72.9 Å². The molecule has 0 radical (unpaired) electrons. The van der Waals surface area contributed by atoms with Gasteiger partial charge in [-0.3, -0.25) is 14.4 Å². The number of carboxylic acids is 1. The second kappa shape index (κ2) is 52.8. The number of carboxylic acid groups (broad SMARTS) is 1. The van der Waals surface area contributed by atoms with Gasteiger partial charge in [0.1, 0.15) is 18.8 Å². The maximum atomic E-state index is 13.1. The van der Waals surface area contributed by atoms with E-state index < -0.39 is 67.3 Å². The number of ether oxygens (including phenoxy) is 5. The van der Waals surface area contributed by atoms with E-state index in [1.54, 1.807) is 0 Å². The number of rotatable bonds is 52. The van der Waals surface area contributed by atoms with Crippen molar-refractivity contribution in [2.45, 2.75) is 302 Å². The number of allylic oxidation sites excluding steroid dienone is 12. The van der Waals surface area contributed by atoms with Crippen molar-refractivity contribution in [3.63, 3.8) is 0 Å². The minimum Gasteiger partial charge on any atom is -0.479 e. The molecule has 1 aliphatic heterocycles. The monoisotopic (exact) mass is 1080 g/mol. The fourth-order valence-electron chi connectivity index (χ4n) is 9.04. The number of carbonyl (C=O) groups is 4. The van der Waals surface area contributed by atoms with Crippen LogP contribution in [0.1, 0.15) is 265 Å². The molecule has 0 aromatic heterocycles. The number of aliphatic hydroxyl groups excluding tert-OH is 2. The van der Waals surface area contributed by atoms with Crippen LogP contribution in [-0.4, -0.2) is 89.2 Å². The number of aliphatic carboxylic acids is 1. The minimum absolute atomic E-state index is 0.0206. The summed E-state index contributed by atoms with van der Waals surface area (Å²) in [7, 11) is 0. The number of unbranched alkanes of at least 4 members (excludes halogenated alkanes) is 26. The van der Waals surface area contributed by atoms with Crippen molar-refractivity contribution in [1.82, 2.24) is 0 Å². The summed E-state index contributed by atoms with van der Waals surface area (Å²) in [6, 6.07) is 0. The molecule has 1 saturated heterocycles. The first-order valence-electron chi connectivity index (χ1n) is 30.9. The molecule has 6 atom stereocenters. The zero-order valence-electron chi connectivity index (χ0n) is 48.7. The molecular formula is C65H110O12. The van der Waals surface area contributed by atoms with E-state index in [1.165, 1.54) is 116 Å². The molecule has 12 heteroatoms. The SMILES string of the molecule is CC/C=C\C/C=C\C/C=C\C/C=C\C/C=C\CCCCCC(=O)OC1C(OCC(COC(=O)CCCCCCCCCCC/C=C\CCCCCCCC)OC(=O)CCCCCCCCCCC)OC(C(=O)O)C(O)C1O. The van der Waals surface area contributed by atoms with Crippen LogP contribution in [0.25, 0.3) is 0 Å². The van der Waals surface area contributed by atoms with Gasteiger partial charge in [0.25, 0.3) is 0 Å². The molecule has 0 amide bonds. The van der Waals surface area contributed by atoms with Crippen molar-refractivity contribution in [2.75, 3.05) is 13.2 Å². The molecule has 1 fully saturated rings. The van der Waals surface area contributed by atoms with Gasteiger partial charge in [-0.15, -0.1) is 0 Å². The summed E-state index contributed by atoms with van der Waals surface area (Å²) in [6.07, 6.45) is 54.5. The average molecular weight is 1080 g/mol. The van der Waals surface area contributed by atoms with Crippen molar-refractivity contribution >= 4 is 23.9 Å². The van der Waals surface area contributed by atoms with E-state index in [0.29, 0.717) is 19.3 Å². The van der Waals surface area contributed by atoms with Gasteiger partial charge < -0.3 is 39.0 Å². The summed E-state index contributed by atoms with van der Waals surface area (Å²) in [4.78, 5) is 51.1. The number of hydrogen-bond acceptors (Lipinski definition) is 11. The Hall–Kier alpha value is -3.84. The molecule has 0 bridgehead atoms. The molecule has 1 heterocycles. The predicted molar refractivity (Wildman–Crippen MR) is 312 cm³/mol. The summed E-state index contributed by atoms with van der Waals surface area (Å²) >= 11 is 0. The lowest BCUT2D eigenvalue weighted by Crippen LogP contribution is -2.61. The van der Waals surface area contributed by atoms with Gasteiger partial charge in [-0.2, -0.15) is 0 Å². The molecule has 442 valence electrons. The van der Waals surface area contributed by atoms with Crippen LogP contribution >= 0.6 is 0 Å². The zero-order valence-corrected chi connectivity index (χ0v) is 48.7. The number of esters is 3. The Morgan fingerprint density at radius 3 is 1.27 bits per heavy atom. The normalized spacial score (nSPS) is 18.5. The second-order valence-corrected chi connectivity index (χ2v) is 21.0. The fourth-order valence-corrected chi connectivity index (χ4v) is 9.04. The Kier molecular flexibility index (Phi) is 48.8. The molecule has 12 nitrogen and oxygen atoms in total. The molecule has 3 N–H and O–H groups in total. The largest absolute Gasteiger partial charge is 0.479 e. The van der Waals surface area contributed by atoms with Crippen molar-refractivity contribution in [2.24, 2.45) is 0 Å². The van der Waals surface area contributed by atoms with Crippen LogP contribution in [0, 0.1) is 0 Å². The highest BCUT2D eigenvalue weighted by atomic mass is 16.7. The zero-order chi connectivity index (χ0) is 56.1. The van der Waals surface area contributed by atoms with Crippen LogP contribution in [0.4, 0.5) is 0 Å². The van der Waals surface area contributed by atoms with E-state index in [2.05, 4.69) is 93.7 Å². The fraction of sp³-hybridized carbons (Fsp3) is 0.754. The summed E-state index contributed by atoms with van der Waals surface area (Å²) < 4.78 is 28.4. The van der Waals surface area contributed by atoms with Gasteiger partial charge in [-0.1, -0.05) is 229 Å². The third-order valence-corrected chi connectivity index (χ3v) is 13.8. The van der Waals surface area contributed by atoms with Gasteiger partial charge in [-0.05, 0) is 89.9 Å². The number of aliphatic hydroxyl groups is 2. The molecule has 0 aromatic carbocycles. The van der Waals surface area contributed by atoms with Gasteiger partial charge >= 0.3 is 23.9 Å². The Morgan fingerprint density at radius 2 is 0.818 bits per heavy atom. The van der Waals surface area contributed by atoms with Crippen LogP contribution in [0.15, 0.2) is 72.9 Å². The van der Waals surface area contributed by atoms with E-state index in [4.69, 9.17) is 23.7 Å². The van der Waals surface area contributed by atoms with Crippen LogP contribution in [0.2, 0.25) is 0 Å². The van der Waals surface area contributed by atoms with E-state index in [0.717, 1.165) is 89.9 Å². The molecule has 0 spiro atoms. The van der Waals surface area contributed by atoms with Crippen molar-refractivity contribution < 1.29 is 58.2 Å². The lowest BCUT2D eigenvalue weighted by Gasteiger charge is -2.40. The summed E-state index contributed by atoms with van der Waals surface area (Å²) in [5, 5.41) is 31.5. The smallest absolute Gasteiger partial charge is 0.335 e. The molecule has 6 unspecified atom stereocenters.